The average molecular weight is 360 g/mol. The lowest BCUT2D eigenvalue weighted by Crippen LogP contribution is -2.39. The van der Waals surface area contributed by atoms with Crippen molar-refractivity contribution in [1.82, 2.24) is 9.88 Å². The van der Waals surface area contributed by atoms with E-state index in [1.54, 1.807) is 26.8 Å². The van der Waals surface area contributed by atoms with E-state index < -0.39 is 32.8 Å². The molecule has 1 aliphatic heterocycles. The molecule has 1 aromatic rings. The minimum atomic E-state index is -5.14. The van der Waals surface area contributed by atoms with E-state index in [0.717, 1.165) is 6.07 Å². The first-order valence-electron chi connectivity index (χ1n) is 7.26. The number of nitrogens with zero attached hydrogens (tertiary/aromatic N) is 2. The Morgan fingerprint density at radius 1 is 1.33 bits per heavy atom. The van der Waals surface area contributed by atoms with Crippen LogP contribution in [0.1, 0.15) is 32.9 Å². The number of ether oxygens (including phenoxy) is 1. The van der Waals surface area contributed by atoms with Crippen LogP contribution in [0.3, 0.4) is 0 Å². The van der Waals surface area contributed by atoms with Crippen molar-refractivity contribution in [2.24, 2.45) is 0 Å². The molecule has 1 amide bonds. The molecule has 1 aliphatic rings. The third-order valence-corrected chi connectivity index (χ3v) is 4.10. The van der Waals surface area contributed by atoms with Gasteiger partial charge in [0.05, 0.1) is 5.69 Å². The van der Waals surface area contributed by atoms with Gasteiger partial charge in [0, 0.05) is 13.1 Å². The molecule has 0 bridgehead atoms. The second kappa shape index (κ2) is 6.46. The van der Waals surface area contributed by atoms with E-state index in [1.165, 1.54) is 11.0 Å². The van der Waals surface area contributed by atoms with Crippen molar-refractivity contribution in [2.45, 2.75) is 37.7 Å². The van der Waals surface area contributed by atoms with E-state index in [0.29, 0.717) is 18.5 Å². The van der Waals surface area contributed by atoms with Gasteiger partial charge >= 0.3 is 16.3 Å². The highest BCUT2D eigenvalue weighted by molar-refractivity contribution is 7.86. The number of halogens is 2. The Hall–Kier alpha value is -2.03. The van der Waals surface area contributed by atoms with E-state index in [1.807, 2.05) is 0 Å². The number of carbonyl (C=O) groups excluding carboxylic acids is 1. The summed E-state index contributed by atoms with van der Waals surface area (Å²) in [6.07, 6.45) is 1.63. The summed E-state index contributed by atoms with van der Waals surface area (Å²) in [5.74, 6) is -1.38. The normalized spacial score (nSPS) is 15.9. The van der Waals surface area contributed by atoms with Crippen LogP contribution in [0.15, 0.2) is 23.1 Å². The first kappa shape index (κ1) is 18.3. The molecule has 0 radical (unpaired) electrons. The number of pyridine rings is 1. The van der Waals surface area contributed by atoms with Crippen LogP contribution in [0.2, 0.25) is 0 Å². The number of amides is 1. The SMILES string of the molecule is CC(C)(C)OC(=O)N1CC=C(c2ccc(S(=O)(=O)F)c(F)n2)CC1. The summed E-state index contributed by atoms with van der Waals surface area (Å²) >= 11 is 0. The molecule has 2 rings (SSSR count). The minimum Gasteiger partial charge on any atom is -0.444 e. The van der Waals surface area contributed by atoms with Gasteiger partial charge < -0.3 is 9.64 Å². The van der Waals surface area contributed by atoms with Gasteiger partial charge in [0.15, 0.2) is 4.90 Å². The molecule has 0 unspecified atom stereocenters. The highest BCUT2D eigenvalue weighted by atomic mass is 32.3. The summed E-state index contributed by atoms with van der Waals surface area (Å²) in [5, 5.41) is 0. The maximum Gasteiger partial charge on any atom is 0.410 e. The van der Waals surface area contributed by atoms with Crippen molar-refractivity contribution in [1.29, 1.82) is 0 Å². The van der Waals surface area contributed by atoms with Gasteiger partial charge in [-0.25, -0.2) is 9.78 Å². The van der Waals surface area contributed by atoms with Crippen LogP contribution in [0, 0.1) is 5.95 Å². The minimum absolute atomic E-state index is 0.212. The Kier molecular flexibility index (Phi) is 4.93. The second-order valence-corrected chi connectivity index (χ2v) is 7.64. The highest BCUT2D eigenvalue weighted by Gasteiger charge is 2.25. The van der Waals surface area contributed by atoms with Crippen molar-refractivity contribution >= 4 is 21.9 Å². The van der Waals surface area contributed by atoms with Gasteiger partial charge in [0.2, 0.25) is 5.95 Å². The third kappa shape index (κ3) is 4.50. The zero-order chi connectivity index (χ0) is 18.1. The van der Waals surface area contributed by atoms with E-state index in [-0.39, 0.29) is 12.2 Å². The number of aromatic nitrogens is 1. The van der Waals surface area contributed by atoms with Gasteiger partial charge in [0.1, 0.15) is 5.60 Å². The number of rotatable bonds is 2. The Morgan fingerprint density at radius 2 is 2.00 bits per heavy atom. The van der Waals surface area contributed by atoms with E-state index in [9.17, 15) is 21.5 Å². The Balaban J connectivity index is 2.13. The van der Waals surface area contributed by atoms with E-state index >= 15 is 0 Å². The first-order chi connectivity index (χ1) is 11.0. The van der Waals surface area contributed by atoms with Gasteiger partial charge in [-0.2, -0.15) is 12.8 Å². The van der Waals surface area contributed by atoms with Crippen LogP contribution in [0.5, 0.6) is 0 Å². The fourth-order valence-corrected chi connectivity index (χ4v) is 2.65. The second-order valence-electron chi connectivity index (χ2n) is 6.33. The topological polar surface area (TPSA) is 76.6 Å². The van der Waals surface area contributed by atoms with Crippen LogP contribution >= 0.6 is 0 Å². The lowest BCUT2D eigenvalue weighted by atomic mass is 10.0. The van der Waals surface area contributed by atoms with E-state index in [2.05, 4.69) is 4.98 Å². The molecule has 132 valence electrons. The summed E-state index contributed by atoms with van der Waals surface area (Å²) in [6.45, 7) is 5.92. The number of hydrogen-bond acceptors (Lipinski definition) is 5. The number of hydrogen-bond donors (Lipinski definition) is 0. The van der Waals surface area contributed by atoms with Crippen molar-refractivity contribution in [3.05, 3.63) is 29.9 Å². The maximum absolute atomic E-state index is 13.6. The van der Waals surface area contributed by atoms with Gasteiger partial charge in [-0.3, -0.25) is 0 Å². The monoisotopic (exact) mass is 360 g/mol. The van der Waals surface area contributed by atoms with Crippen molar-refractivity contribution in [3.8, 4) is 0 Å². The lowest BCUT2D eigenvalue weighted by molar-refractivity contribution is 0.0270. The van der Waals surface area contributed by atoms with Gasteiger partial charge in [0.25, 0.3) is 0 Å². The third-order valence-electron chi connectivity index (χ3n) is 3.27. The van der Waals surface area contributed by atoms with Crippen LogP contribution in [-0.2, 0) is 15.0 Å². The molecular weight excluding hydrogens is 342 g/mol. The van der Waals surface area contributed by atoms with Crippen LogP contribution in [0.4, 0.5) is 13.1 Å². The van der Waals surface area contributed by atoms with Crippen LogP contribution < -0.4 is 0 Å². The maximum atomic E-state index is 13.6. The zero-order valence-corrected chi connectivity index (χ0v) is 14.4. The summed E-state index contributed by atoms with van der Waals surface area (Å²) in [6, 6.07) is 2.08. The van der Waals surface area contributed by atoms with E-state index in [4.69, 9.17) is 4.74 Å². The molecule has 0 aromatic carbocycles. The molecule has 1 aromatic heterocycles. The Morgan fingerprint density at radius 3 is 2.46 bits per heavy atom. The smallest absolute Gasteiger partial charge is 0.410 e. The van der Waals surface area contributed by atoms with Crippen molar-refractivity contribution in [2.75, 3.05) is 13.1 Å². The fourth-order valence-electron chi connectivity index (χ4n) is 2.18. The molecule has 0 saturated heterocycles. The molecule has 9 heteroatoms. The van der Waals surface area contributed by atoms with Crippen molar-refractivity contribution < 1.29 is 26.2 Å². The predicted molar refractivity (Wildman–Crippen MR) is 82.9 cm³/mol. The largest absolute Gasteiger partial charge is 0.444 e. The molecule has 6 nitrogen and oxygen atoms in total. The highest BCUT2D eigenvalue weighted by Crippen LogP contribution is 2.24. The van der Waals surface area contributed by atoms with Crippen LogP contribution in [0.25, 0.3) is 5.57 Å². The summed E-state index contributed by atoms with van der Waals surface area (Å²) in [5.41, 5.74) is 0.264. The molecule has 0 atom stereocenters. The molecule has 0 N–H and O–H groups in total. The number of carbonyl (C=O) groups is 1. The van der Waals surface area contributed by atoms with Gasteiger partial charge in [-0.1, -0.05) is 6.08 Å². The average Bonchev–Trinajstić information content (AvgIpc) is 2.44. The summed E-state index contributed by atoms with van der Waals surface area (Å²) in [4.78, 5) is 15.9. The molecule has 2 heterocycles. The molecular formula is C15H18F2N2O4S. The van der Waals surface area contributed by atoms with Crippen LogP contribution in [-0.4, -0.2) is 43.1 Å². The molecule has 0 aliphatic carbocycles. The Labute approximate surface area is 139 Å². The standard InChI is InChI=1S/C15H18F2N2O4S/c1-15(2,3)23-14(20)19-8-6-10(7-9-19)11-4-5-12(13(16)18-11)24(17,21)22/h4-6H,7-9H2,1-3H3. The van der Waals surface area contributed by atoms with Gasteiger partial charge in [-0.05, 0) is 44.9 Å². The molecule has 24 heavy (non-hydrogen) atoms. The summed E-state index contributed by atoms with van der Waals surface area (Å²) < 4.78 is 53.3. The van der Waals surface area contributed by atoms with Crippen molar-refractivity contribution in [3.63, 3.8) is 0 Å². The van der Waals surface area contributed by atoms with Gasteiger partial charge in [-0.15, -0.1) is 3.89 Å². The predicted octanol–water partition coefficient (Wildman–Crippen LogP) is 2.90. The zero-order valence-electron chi connectivity index (χ0n) is 13.5. The first-order valence-corrected chi connectivity index (χ1v) is 8.64. The Bertz CT molecular complexity index is 785. The molecule has 0 spiro atoms. The fraction of sp³-hybridized carbons (Fsp3) is 0.467. The quantitative estimate of drug-likeness (QED) is 0.599. The lowest BCUT2D eigenvalue weighted by Gasteiger charge is -2.29. The molecule has 0 saturated carbocycles. The molecule has 0 fully saturated rings. The summed E-state index contributed by atoms with van der Waals surface area (Å²) in [7, 11) is -5.14.